The second-order valence-corrected chi connectivity index (χ2v) is 9.92. The van der Waals surface area contributed by atoms with Gasteiger partial charge in [-0.3, -0.25) is 9.59 Å². The van der Waals surface area contributed by atoms with Crippen LogP contribution in [0.4, 0.5) is 5.69 Å². The molecule has 2 amide bonds. The number of hydrogen-bond acceptors (Lipinski definition) is 3. The number of rotatable bonds is 4. The molecule has 0 saturated heterocycles. The van der Waals surface area contributed by atoms with E-state index in [2.05, 4.69) is 63.7 Å². The monoisotopic (exact) mass is 675 g/mol. The van der Waals surface area contributed by atoms with Gasteiger partial charge in [0.1, 0.15) is 12.4 Å². The SMILES string of the molecule is O=C1c2c(Br)c(Br)c(Br)c(Br)c2C(=O)N1c1ccc(OCc2ccccc2)c(Cl)c1. The van der Waals surface area contributed by atoms with Gasteiger partial charge >= 0.3 is 0 Å². The van der Waals surface area contributed by atoms with E-state index in [0.29, 0.717) is 41.0 Å². The van der Waals surface area contributed by atoms with Crippen molar-refractivity contribution in [2.75, 3.05) is 4.90 Å². The Kier molecular flexibility index (Phi) is 6.42. The van der Waals surface area contributed by atoms with Crippen LogP contribution < -0.4 is 9.64 Å². The Balaban J connectivity index is 1.65. The first kappa shape index (κ1) is 22.0. The van der Waals surface area contributed by atoms with Gasteiger partial charge in [0.25, 0.3) is 11.8 Å². The zero-order chi connectivity index (χ0) is 21.6. The van der Waals surface area contributed by atoms with Crippen molar-refractivity contribution < 1.29 is 14.3 Å². The molecule has 1 aliphatic heterocycles. The van der Waals surface area contributed by atoms with Gasteiger partial charge in [0, 0.05) is 17.9 Å². The lowest BCUT2D eigenvalue weighted by Gasteiger charge is -2.16. The van der Waals surface area contributed by atoms with E-state index in [4.69, 9.17) is 16.3 Å². The van der Waals surface area contributed by atoms with Gasteiger partial charge in [-0.15, -0.1) is 0 Å². The summed E-state index contributed by atoms with van der Waals surface area (Å²) in [6.07, 6.45) is 0. The molecule has 0 bridgehead atoms. The molecule has 0 unspecified atom stereocenters. The number of anilines is 1. The Morgan fingerprint density at radius 3 is 1.90 bits per heavy atom. The Hall–Kier alpha value is -1.19. The molecule has 0 saturated carbocycles. The number of benzene rings is 3. The van der Waals surface area contributed by atoms with Crippen molar-refractivity contribution in [3.8, 4) is 5.75 Å². The lowest BCUT2D eigenvalue weighted by atomic mass is 10.1. The summed E-state index contributed by atoms with van der Waals surface area (Å²) in [6, 6.07) is 14.5. The van der Waals surface area contributed by atoms with Gasteiger partial charge in [-0.25, -0.2) is 4.90 Å². The summed E-state index contributed by atoms with van der Waals surface area (Å²) in [7, 11) is 0. The Morgan fingerprint density at radius 1 is 0.800 bits per heavy atom. The average Bonchev–Trinajstić information content (AvgIpc) is 3.00. The van der Waals surface area contributed by atoms with Crippen molar-refractivity contribution in [2.24, 2.45) is 0 Å². The maximum Gasteiger partial charge on any atom is 0.267 e. The van der Waals surface area contributed by atoms with Crippen LogP contribution in [0.3, 0.4) is 0 Å². The molecule has 0 fully saturated rings. The van der Waals surface area contributed by atoms with Crippen LogP contribution in [-0.4, -0.2) is 11.8 Å². The Labute approximate surface area is 211 Å². The molecule has 0 radical (unpaired) electrons. The standard InChI is InChI=1S/C21H10Br4ClNO3/c22-16-14-15(17(23)19(25)18(16)24)21(29)27(20(14)28)11-6-7-13(12(26)8-11)30-9-10-4-2-1-3-5-10/h1-8H,9H2. The zero-order valence-corrected chi connectivity index (χ0v) is 22.0. The molecule has 9 heteroatoms. The lowest BCUT2D eigenvalue weighted by Crippen LogP contribution is -2.29. The average molecular weight is 679 g/mol. The van der Waals surface area contributed by atoms with Crippen LogP contribution in [0.15, 0.2) is 66.4 Å². The van der Waals surface area contributed by atoms with Crippen LogP contribution >= 0.6 is 75.3 Å². The van der Waals surface area contributed by atoms with Gasteiger partial charge in [-0.05, 0) is 87.5 Å². The molecule has 1 heterocycles. The van der Waals surface area contributed by atoms with Gasteiger partial charge in [0.05, 0.1) is 21.8 Å². The third-order valence-corrected chi connectivity index (χ3v) is 9.58. The fraction of sp³-hybridized carbons (Fsp3) is 0.0476. The van der Waals surface area contributed by atoms with Crippen LogP contribution in [0.2, 0.25) is 5.02 Å². The highest BCUT2D eigenvalue weighted by molar-refractivity contribution is 9.15. The fourth-order valence-corrected chi connectivity index (χ4v) is 5.75. The van der Waals surface area contributed by atoms with Gasteiger partial charge in [-0.2, -0.15) is 0 Å². The number of hydrogen-bond donors (Lipinski definition) is 0. The van der Waals surface area contributed by atoms with E-state index in [0.717, 1.165) is 10.5 Å². The highest BCUT2D eigenvalue weighted by atomic mass is 79.9. The predicted molar refractivity (Wildman–Crippen MR) is 131 cm³/mol. The van der Waals surface area contributed by atoms with Crippen molar-refractivity contribution >= 4 is 92.8 Å². The molecule has 0 spiro atoms. The number of carbonyl (C=O) groups excluding carboxylic acids is 2. The molecule has 4 nitrogen and oxygen atoms in total. The second-order valence-electron chi connectivity index (χ2n) is 6.34. The highest BCUT2D eigenvalue weighted by Gasteiger charge is 2.42. The number of halogens is 5. The minimum absolute atomic E-state index is 0.280. The van der Waals surface area contributed by atoms with E-state index in [1.807, 2.05) is 30.3 Å². The van der Waals surface area contributed by atoms with Gasteiger partial charge < -0.3 is 4.74 Å². The summed E-state index contributed by atoms with van der Waals surface area (Å²) in [4.78, 5) is 27.3. The lowest BCUT2D eigenvalue weighted by molar-refractivity contribution is 0.0925. The molecule has 4 rings (SSSR count). The quantitative estimate of drug-likeness (QED) is 0.161. The van der Waals surface area contributed by atoms with Gasteiger partial charge in [0.2, 0.25) is 0 Å². The van der Waals surface area contributed by atoms with Crippen molar-refractivity contribution in [3.63, 3.8) is 0 Å². The van der Waals surface area contributed by atoms with E-state index in [-0.39, 0.29) is 11.1 Å². The minimum Gasteiger partial charge on any atom is -0.487 e. The number of fused-ring (bicyclic) bond motifs is 1. The fourth-order valence-electron chi connectivity index (χ4n) is 3.06. The third kappa shape index (κ3) is 3.77. The maximum absolute atomic E-state index is 13.1. The maximum atomic E-state index is 13.1. The first-order valence-electron chi connectivity index (χ1n) is 8.52. The zero-order valence-electron chi connectivity index (χ0n) is 14.9. The molecule has 1 aliphatic rings. The van der Waals surface area contributed by atoms with Crippen LogP contribution in [-0.2, 0) is 6.61 Å². The van der Waals surface area contributed by atoms with E-state index in [9.17, 15) is 9.59 Å². The first-order valence-corrected chi connectivity index (χ1v) is 12.1. The van der Waals surface area contributed by atoms with E-state index >= 15 is 0 Å². The predicted octanol–water partition coefficient (Wildman–Crippen LogP) is 7.77. The number of amides is 2. The molecule has 0 atom stereocenters. The second kappa shape index (κ2) is 8.74. The number of ether oxygens (including phenoxy) is 1. The minimum atomic E-state index is -0.440. The molecule has 0 N–H and O–H groups in total. The Bertz CT molecular complexity index is 1150. The summed E-state index contributed by atoms with van der Waals surface area (Å²) in [5.74, 6) is -0.414. The van der Waals surface area contributed by atoms with Crippen molar-refractivity contribution in [1.29, 1.82) is 0 Å². The molecule has 3 aromatic rings. The van der Waals surface area contributed by atoms with Crippen molar-refractivity contribution in [2.45, 2.75) is 6.61 Å². The van der Waals surface area contributed by atoms with Gasteiger partial charge in [-0.1, -0.05) is 41.9 Å². The topological polar surface area (TPSA) is 46.6 Å². The Morgan fingerprint density at radius 2 is 1.37 bits per heavy atom. The van der Waals surface area contributed by atoms with Gasteiger partial charge in [0.15, 0.2) is 0 Å². The number of imide groups is 1. The van der Waals surface area contributed by atoms with E-state index < -0.39 is 11.8 Å². The largest absolute Gasteiger partial charge is 0.487 e. The van der Waals surface area contributed by atoms with Crippen LogP contribution in [0.25, 0.3) is 0 Å². The molecular formula is C21H10Br4ClNO3. The van der Waals surface area contributed by atoms with Crippen LogP contribution in [0.5, 0.6) is 5.75 Å². The summed E-state index contributed by atoms with van der Waals surface area (Å²) < 4.78 is 8.06. The molecular weight excluding hydrogens is 669 g/mol. The van der Waals surface area contributed by atoms with Crippen molar-refractivity contribution in [3.05, 3.63) is 88.1 Å². The third-order valence-electron chi connectivity index (χ3n) is 4.51. The molecule has 30 heavy (non-hydrogen) atoms. The van der Waals surface area contributed by atoms with E-state index in [1.165, 1.54) is 0 Å². The summed E-state index contributed by atoms with van der Waals surface area (Å²) in [5, 5.41) is 0.306. The number of nitrogens with zero attached hydrogens (tertiary/aromatic N) is 1. The van der Waals surface area contributed by atoms with Crippen LogP contribution in [0.1, 0.15) is 26.3 Å². The number of carbonyl (C=O) groups is 2. The van der Waals surface area contributed by atoms with Crippen LogP contribution in [0, 0.1) is 0 Å². The molecule has 3 aromatic carbocycles. The smallest absolute Gasteiger partial charge is 0.267 e. The highest BCUT2D eigenvalue weighted by Crippen LogP contribution is 2.46. The first-order chi connectivity index (χ1) is 14.3. The van der Waals surface area contributed by atoms with Crippen molar-refractivity contribution in [1.82, 2.24) is 0 Å². The summed E-state index contributed by atoms with van der Waals surface area (Å²) in [5.41, 5.74) is 1.93. The molecule has 0 aliphatic carbocycles. The molecule has 152 valence electrons. The normalized spacial score (nSPS) is 13.0. The molecule has 0 aromatic heterocycles. The van der Waals surface area contributed by atoms with E-state index in [1.54, 1.807) is 18.2 Å². The summed E-state index contributed by atoms with van der Waals surface area (Å²) in [6.45, 7) is 0.356. The summed E-state index contributed by atoms with van der Waals surface area (Å²) >= 11 is 20.0.